The molecule has 15 heavy (non-hydrogen) atoms. The smallest absolute Gasteiger partial charge is 0.102 e. The van der Waals surface area contributed by atoms with E-state index >= 15 is 0 Å². The molecular weight excluding hydrogens is 192 g/mol. The Morgan fingerprint density at radius 3 is 2.60 bits per heavy atom. The molecule has 0 aliphatic carbocycles. The van der Waals surface area contributed by atoms with Crippen LogP contribution in [0.2, 0.25) is 0 Å². The number of aliphatic hydroxyl groups excluding tert-OH is 1. The fraction of sp³-hybridized carbons (Fsp3) is 0.500. The molecule has 0 saturated heterocycles. The molecule has 1 N–H and O–H groups in total. The minimum absolute atomic E-state index is 0.341. The molecule has 1 atom stereocenters. The van der Waals surface area contributed by atoms with E-state index in [9.17, 15) is 5.11 Å². The lowest BCUT2D eigenvalue weighted by atomic mass is 10.1. The first-order valence-corrected chi connectivity index (χ1v) is 5.14. The van der Waals surface area contributed by atoms with Crippen LogP contribution in [0.3, 0.4) is 0 Å². The van der Waals surface area contributed by atoms with Crippen LogP contribution < -0.4 is 0 Å². The summed E-state index contributed by atoms with van der Waals surface area (Å²) in [5, 5.41) is 9.72. The number of hydrogen-bond donors (Lipinski definition) is 1. The van der Waals surface area contributed by atoms with Crippen LogP contribution in [-0.2, 0) is 9.47 Å². The molecule has 0 bridgehead atoms. The maximum Gasteiger partial charge on any atom is 0.102 e. The van der Waals surface area contributed by atoms with Gasteiger partial charge in [0.2, 0.25) is 0 Å². The summed E-state index contributed by atoms with van der Waals surface area (Å²) in [6.07, 6.45) is 0.326. The van der Waals surface area contributed by atoms with Crippen LogP contribution in [0.15, 0.2) is 30.3 Å². The summed E-state index contributed by atoms with van der Waals surface area (Å²) in [4.78, 5) is 0. The van der Waals surface area contributed by atoms with Crippen molar-refractivity contribution in [3.05, 3.63) is 35.9 Å². The summed E-state index contributed by atoms with van der Waals surface area (Å²) < 4.78 is 10.2. The van der Waals surface area contributed by atoms with Crippen molar-refractivity contribution in [2.24, 2.45) is 0 Å². The van der Waals surface area contributed by atoms with Gasteiger partial charge in [0.25, 0.3) is 0 Å². The molecule has 0 saturated carbocycles. The van der Waals surface area contributed by atoms with Crippen molar-refractivity contribution in [2.45, 2.75) is 12.5 Å². The van der Waals surface area contributed by atoms with Crippen molar-refractivity contribution in [2.75, 3.05) is 26.9 Å². The van der Waals surface area contributed by atoms with E-state index in [1.165, 1.54) is 0 Å². The van der Waals surface area contributed by atoms with Crippen molar-refractivity contribution < 1.29 is 14.6 Å². The maximum absolute atomic E-state index is 9.72. The van der Waals surface area contributed by atoms with Crippen LogP contribution in [0.1, 0.15) is 18.1 Å². The Bertz CT molecular complexity index is 248. The van der Waals surface area contributed by atoms with Crippen LogP contribution in [0, 0.1) is 0 Å². The molecule has 0 spiro atoms. The van der Waals surface area contributed by atoms with Gasteiger partial charge in [0.1, 0.15) is 6.10 Å². The zero-order valence-electron chi connectivity index (χ0n) is 9.06. The second kappa shape index (κ2) is 7.40. The van der Waals surface area contributed by atoms with Gasteiger partial charge in [-0.2, -0.15) is 0 Å². The molecule has 0 aliphatic rings. The first-order chi connectivity index (χ1) is 7.34. The zero-order valence-corrected chi connectivity index (χ0v) is 9.06. The second-order valence-corrected chi connectivity index (χ2v) is 3.35. The Labute approximate surface area is 90.6 Å². The van der Waals surface area contributed by atoms with E-state index in [-0.39, 0.29) is 0 Å². The van der Waals surface area contributed by atoms with E-state index in [2.05, 4.69) is 0 Å². The normalized spacial score (nSPS) is 12.7. The molecule has 3 nitrogen and oxygen atoms in total. The van der Waals surface area contributed by atoms with E-state index in [0.717, 1.165) is 12.0 Å². The number of ether oxygens (including phenoxy) is 2. The monoisotopic (exact) mass is 210 g/mol. The van der Waals surface area contributed by atoms with Gasteiger partial charge in [0.15, 0.2) is 0 Å². The molecule has 1 aromatic rings. The van der Waals surface area contributed by atoms with Crippen molar-refractivity contribution >= 4 is 0 Å². The first kappa shape index (κ1) is 12.2. The molecule has 0 fully saturated rings. The van der Waals surface area contributed by atoms with Gasteiger partial charge in [0, 0.05) is 20.3 Å². The van der Waals surface area contributed by atoms with Gasteiger partial charge in [-0.3, -0.25) is 0 Å². The average molecular weight is 210 g/mol. The van der Waals surface area contributed by atoms with Crippen molar-refractivity contribution in [3.63, 3.8) is 0 Å². The number of hydrogen-bond acceptors (Lipinski definition) is 3. The number of rotatable bonds is 7. The summed E-state index contributed by atoms with van der Waals surface area (Å²) >= 11 is 0. The molecule has 0 aliphatic heterocycles. The molecule has 3 heteroatoms. The van der Waals surface area contributed by atoms with E-state index in [1.54, 1.807) is 7.11 Å². The minimum atomic E-state index is -0.534. The van der Waals surface area contributed by atoms with Crippen LogP contribution in [-0.4, -0.2) is 32.0 Å². The highest BCUT2D eigenvalue weighted by Gasteiger charge is 2.05. The fourth-order valence-electron chi connectivity index (χ4n) is 1.27. The van der Waals surface area contributed by atoms with Crippen molar-refractivity contribution in [1.82, 2.24) is 0 Å². The molecule has 1 unspecified atom stereocenters. The topological polar surface area (TPSA) is 38.7 Å². The lowest BCUT2D eigenvalue weighted by Gasteiger charge is -2.11. The summed E-state index contributed by atoms with van der Waals surface area (Å²) in [6.45, 7) is 1.66. The van der Waals surface area contributed by atoms with Gasteiger partial charge in [-0.1, -0.05) is 30.3 Å². The van der Waals surface area contributed by atoms with Crippen LogP contribution in [0.5, 0.6) is 0 Å². The molecule has 0 radical (unpaired) electrons. The Kier molecular flexibility index (Phi) is 6.00. The highest BCUT2D eigenvalue weighted by molar-refractivity contribution is 5.17. The van der Waals surface area contributed by atoms with Gasteiger partial charge in [-0.25, -0.2) is 0 Å². The van der Waals surface area contributed by atoms with E-state index in [4.69, 9.17) is 9.47 Å². The summed E-state index contributed by atoms with van der Waals surface area (Å²) in [7, 11) is 1.67. The molecule has 1 rings (SSSR count). The standard InChI is InChI=1S/C12H18O3/c1-14-8-5-9-15-10-12(13)11-6-3-2-4-7-11/h2-4,6-7,12-13H,5,8-10H2,1H3. The Morgan fingerprint density at radius 1 is 1.20 bits per heavy atom. The lowest BCUT2D eigenvalue weighted by Crippen LogP contribution is -2.08. The molecule has 0 amide bonds. The molecule has 0 aromatic heterocycles. The minimum Gasteiger partial charge on any atom is -0.386 e. The Balaban J connectivity index is 2.16. The molecular formula is C12H18O3. The Morgan fingerprint density at radius 2 is 1.93 bits per heavy atom. The SMILES string of the molecule is COCCCOCC(O)c1ccccc1. The molecule has 0 heterocycles. The predicted octanol–water partition coefficient (Wildman–Crippen LogP) is 1.77. The lowest BCUT2D eigenvalue weighted by molar-refractivity contribution is 0.0279. The van der Waals surface area contributed by atoms with Crippen molar-refractivity contribution in [3.8, 4) is 0 Å². The fourth-order valence-corrected chi connectivity index (χ4v) is 1.27. The quantitative estimate of drug-likeness (QED) is 0.697. The number of benzene rings is 1. The highest BCUT2D eigenvalue weighted by Crippen LogP contribution is 2.11. The Hall–Kier alpha value is -0.900. The molecule has 84 valence electrons. The zero-order chi connectivity index (χ0) is 10.9. The van der Waals surface area contributed by atoms with Crippen LogP contribution in [0.25, 0.3) is 0 Å². The van der Waals surface area contributed by atoms with E-state index < -0.39 is 6.10 Å². The van der Waals surface area contributed by atoms with E-state index in [0.29, 0.717) is 19.8 Å². The van der Waals surface area contributed by atoms with Crippen LogP contribution in [0.4, 0.5) is 0 Å². The average Bonchev–Trinajstić information content (AvgIpc) is 2.30. The van der Waals surface area contributed by atoms with Crippen molar-refractivity contribution in [1.29, 1.82) is 0 Å². The highest BCUT2D eigenvalue weighted by atomic mass is 16.5. The molecule has 1 aromatic carbocycles. The summed E-state index contributed by atoms with van der Waals surface area (Å²) in [6, 6.07) is 9.52. The van der Waals surface area contributed by atoms with Gasteiger partial charge < -0.3 is 14.6 Å². The summed E-state index contributed by atoms with van der Waals surface area (Å²) in [5.41, 5.74) is 0.893. The third-order valence-electron chi connectivity index (χ3n) is 2.10. The second-order valence-electron chi connectivity index (χ2n) is 3.35. The van der Waals surface area contributed by atoms with E-state index in [1.807, 2.05) is 30.3 Å². The van der Waals surface area contributed by atoms with Crippen LogP contribution >= 0.6 is 0 Å². The van der Waals surface area contributed by atoms with Gasteiger partial charge in [-0.05, 0) is 12.0 Å². The van der Waals surface area contributed by atoms with Gasteiger partial charge in [-0.15, -0.1) is 0 Å². The number of aliphatic hydroxyl groups is 1. The third kappa shape index (κ3) is 4.93. The first-order valence-electron chi connectivity index (χ1n) is 5.14. The third-order valence-corrected chi connectivity index (χ3v) is 2.10. The van der Waals surface area contributed by atoms with Gasteiger partial charge in [0.05, 0.1) is 6.61 Å². The summed E-state index contributed by atoms with van der Waals surface area (Å²) in [5.74, 6) is 0. The maximum atomic E-state index is 9.72. The number of methoxy groups -OCH3 is 1. The van der Waals surface area contributed by atoms with Gasteiger partial charge >= 0.3 is 0 Å². The largest absolute Gasteiger partial charge is 0.386 e. The predicted molar refractivity (Wildman–Crippen MR) is 58.7 cm³/mol.